The van der Waals surface area contributed by atoms with Crippen molar-refractivity contribution in [2.45, 2.75) is 23.7 Å². The lowest BCUT2D eigenvalue weighted by Crippen LogP contribution is -2.43. The topological polar surface area (TPSA) is 48.7 Å². The largest absolute Gasteiger partial charge is 0.459 e. The van der Waals surface area contributed by atoms with E-state index in [2.05, 4.69) is 58.6 Å². The molecule has 3 aromatic rings. The highest BCUT2D eigenvalue weighted by Crippen LogP contribution is 2.25. The number of thioether (sulfide) groups is 1. The van der Waals surface area contributed by atoms with Gasteiger partial charge < -0.3 is 14.6 Å². The number of likely N-dealkylation sites (N-methyl/N-ethyl adjacent to an activating group) is 1. The van der Waals surface area contributed by atoms with E-state index in [9.17, 15) is 4.79 Å². The first kappa shape index (κ1) is 21.7. The Morgan fingerprint density at radius 2 is 1.68 bits per heavy atom. The minimum Gasteiger partial charge on any atom is -0.459 e. The van der Waals surface area contributed by atoms with Gasteiger partial charge in [-0.05, 0) is 36.4 Å². The predicted octanol–water partition coefficient (Wildman–Crippen LogP) is 4.25. The van der Waals surface area contributed by atoms with Gasteiger partial charge in [-0.1, -0.05) is 42.5 Å². The fraction of sp³-hybridized carbons (Fsp3) is 0.320. The molecule has 0 unspecified atom stereocenters. The molecule has 31 heavy (non-hydrogen) atoms. The lowest BCUT2D eigenvalue weighted by molar-refractivity contribution is 0.0922. The number of furan rings is 1. The normalized spacial score (nSPS) is 15.1. The molecule has 5 nitrogen and oxygen atoms in total. The molecule has 0 aliphatic carbocycles. The van der Waals surface area contributed by atoms with Crippen LogP contribution in [-0.4, -0.2) is 48.9 Å². The molecule has 1 aliphatic heterocycles. The third kappa shape index (κ3) is 6.23. The summed E-state index contributed by atoms with van der Waals surface area (Å²) in [6.07, 6.45) is 1.59. The lowest BCUT2D eigenvalue weighted by atomic mass is 10.1. The first-order valence-electron chi connectivity index (χ1n) is 10.7. The van der Waals surface area contributed by atoms with Crippen LogP contribution in [0, 0.1) is 0 Å². The van der Waals surface area contributed by atoms with E-state index in [1.807, 2.05) is 24.3 Å². The Hall–Kier alpha value is -2.54. The first-order valence-corrected chi connectivity index (χ1v) is 11.7. The molecule has 0 bridgehead atoms. The number of rotatable bonds is 8. The van der Waals surface area contributed by atoms with Gasteiger partial charge in [0.15, 0.2) is 5.76 Å². The van der Waals surface area contributed by atoms with Crippen LogP contribution >= 0.6 is 11.8 Å². The molecular weight excluding hydrogens is 406 g/mol. The Morgan fingerprint density at radius 3 is 2.42 bits per heavy atom. The molecule has 1 amide bonds. The molecular formula is C25H29N3O2S. The minimum absolute atomic E-state index is 0.171. The number of nitrogens with zero attached hydrogens (tertiary/aromatic N) is 2. The zero-order valence-electron chi connectivity index (χ0n) is 17.9. The van der Waals surface area contributed by atoms with Crippen LogP contribution in [0.25, 0.3) is 0 Å². The van der Waals surface area contributed by atoms with Gasteiger partial charge in [0.25, 0.3) is 5.91 Å². The number of hydrogen-bond acceptors (Lipinski definition) is 5. The summed E-state index contributed by atoms with van der Waals surface area (Å²) in [5, 5.41) is 2.99. The van der Waals surface area contributed by atoms with Crippen LogP contribution in [0.15, 0.2) is 76.2 Å². The standard InChI is InChI=1S/C25H29N3O2S/c1-27-12-14-28(15-13-27)18-21-9-7-20(8-10-21)17-26-25(29)24-22(11-16-30-24)19-31-23-5-3-2-4-6-23/h2-11,16H,12-15,17-19H2,1H3,(H,26,29). The first-order chi connectivity index (χ1) is 15.2. The third-order valence-corrected chi connectivity index (χ3v) is 6.63. The lowest BCUT2D eigenvalue weighted by Gasteiger charge is -2.32. The van der Waals surface area contributed by atoms with Crippen LogP contribution in [-0.2, 0) is 18.8 Å². The van der Waals surface area contributed by atoms with E-state index in [-0.39, 0.29) is 5.91 Å². The molecule has 1 aliphatic rings. The highest BCUT2D eigenvalue weighted by atomic mass is 32.2. The van der Waals surface area contributed by atoms with Crippen LogP contribution in [0.3, 0.4) is 0 Å². The average molecular weight is 436 g/mol. The maximum absolute atomic E-state index is 12.6. The smallest absolute Gasteiger partial charge is 0.287 e. The van der Waals surface area contributed by atoms with E-state index in [4.69, 9.17) is 4.42 Å². The van der Waals surface area contributed by atoms with Gasteiger partial charge in [-0.2, -0.15) is 0 Å². The number of piperazine rings is 1. The van der Waals surface area contributed by atoms with Crippen molar-refractivity contribution in [3.05, 3.63) is 89.4 Å². The van der Waals surface area contributed by atoms with Crippen molar-refractivity contribution in [2.75, 3.05) is 33.2 Å². The molecule has 0 atom stereocenters. The molecule has 2 aromatic carbocycles. The highest BCUT2D eigenvalue weighted by molar-refractivity contribution is 7.98. The predicted molar refractivity (Wildman–Crippen MR) is 125 cm³/mol. The molecule has 2 heterocycles. The van der Waals surface area contributed by atoms with Crippen molar-refractivity contribution >= 4 is 17.7 Å². The van der Waals surface area contributed by atoms with E-state index in [1.54, 1.807) is 18.0 Å². The molecule has 1 aromatic heterocycles. The summed E-state index contributed by atoms with van der Waals surface area (Å²) in [5.74, 6) is 0.926. The summed E-state index contributed by atoms with van der Waals surface area (Å²) >= 11 is 1.69. The van der Waals surface area contributed by atoms with Gasteiger partial charge in [-0.25, -0.2) is 0 Å². The Labute approximate surface area is 188 Å². The van der Waals surface area contributed by atoms with Gasteiger partial charge in [0.1, 0.15) is 0 Å². The van der Waals surface area contributed by atoms with E-state index >= 15 is 0 Å². The van der Waals surface area contributed by atoms with Crippen molar-refractivity contribution in [3.63, 3.8) is 0 Å². The van der Waals surface area contributed by atoms with Crippen molar-refractivity contribution in [2.24, 2.45) is 0 Å². The van der Waals surface area contributed by atoms with E-state index in [0.29, 0.717) is 18.1 Å². The third-order valence-electron chi connectivity index (χ3n) is 5.57. The average Bonchev–Trinajstić information content (AvgIpc) is 3.28. The summed E-state index contributed by atoms with van der Waals surface area (Å²) in [6, 6.07) is 20.6. The summed E-state index contributed by atoms with van der Waals surface area (Å²) < 4.78 is 5.48. The van der Waals surface area contributed by atoms with Gasteiger partial charge >= 0.3 is 0 Å². The molecule has 162 valence electrons. The van der Waals surface area contributed by atoms with E-state index < -0.39 is 0 Å². The fourth-order valence-electron chi connectivity index (χ4n) is 3.62. The number of amides is 1. The van der Waals surface area contributed by atoms with Crippen molar-refractivity contribution < 1.29 is 9.21 Å². The van der Waals surface area contributed by atoms with Crippen molar-refractivity contribution in [1.29, 1.82) is 0 Å². The zero-order valence-corrected chi connectivity index (χ0v) is 18.7. The summed E-state index contributed by atoms with van der Waals surface area (Å²) in [5.41, 5.74) is 3.31. The summed E-state index contributed by atoms with van der Waals surface area (Å²) in [7, 11) is 2.17. The molecule has 1 fully saturated rings. The zero-order chi connectivity index (χ0) is 21.5. The number of carbonyl (C=O) groups excluding carboxylic acids is 1. The Kier molecular flexibility index (Phi) is 7.46. The fourth-order valence-corrected chi connectivity index (χ4v) is 4.51. The molecule has 6 heteroatoms. The highest BCUT2D eigenvalue weighted by Gasteiger charge is 2.16. The second-order valence-corrected chi connectivity index (χ2v) is 9.00. The van der Waals surface area contributed by atoms with Crippen LogP contribution < -0.4 is 5.32 Å². The number of nitrogens with one attached hydrogen (secondary N) is 1. The second-order valence-electron chi connectivity index (χ2n) is 7.96. The quantitative estimate of drug-likeness (QED) is 0.536. The van der Waals surface area contributed by atoms with Crippen LogP contribution in [0.2, 0.25) is 0 Å². The monoisotopic (exact) mass is 435 g/mol. The molecule has 1 N–H and O–H groups in total. The van der Waals surface area contributed by atoms with Gasteiger partial charge in [-0.3, -0.25) is 9.69 Å². The molecule has 4 rings (SSSR count). The Bertz CT molecular complexity index is 964. The van der Waals surface area contributed by atoms with Crippen LogP contribution in [0.1, 0.15) is 27.2 Å². The minimum atomic E-state index is -0.171. The van der Waals surface area contributed by atoms with E-state index in [0.717, 1.165) is 43.9 Å². The van der Waals surface area contributed by atoms with Gasteiger partial charge in [0.2, 0.25) is 0 Å². The van der Waals surface area contributed by atoms with E-state index in [1.165, 1.54) is 10.5 Å². The van der Waals surface area contributed by atoms with Crippen molar-refractivity contribution in [3.8, 4) is 0 Å². The summed E-state index contributed by atoms with van der Waals surface area (Å²) in [4.78, 5) is 18.7. The molecule has 0 spiro atoms. The molecule has 1 saturated heterocycles. The summed E-state index contributed by atoms with van der Waals surface area (Å²) in [6.45, 7) is 5.95. The van der Waals surface area contributed by atoms with Gasteiger partial charge in [0.05, 0.1) is 6.26 Å². The van der Waals surface area contributed by atoms with Crippen LogP contribution in [0.5, 0.6) is 0 Å². The Morgan fingerprint density at radius 1 is 0.968 bits per heavy atom. The van der Waals surface area contributed by atoms with Gasteiger partial charge in [-0.15, -0.1) is 11.8 Å². The molecule has 0 saturated carbocycles. The molecule has 0 radical (unpaired) electrons. The number of benzene rings is 2. The maximum atomic E-state index is 12.6. The number of hydrogen-bond donors (Lipinski definition) is 1. The van der Waals surface area contributed by atoms with Gasteiger partial charge in [0, 0.05) is 55.5 Å². The Balaban J connectivity index is 1.26. The number of carbonyl (C=O) groups is 1. The SMILES string of the molecule is CN1CCN(Cc2ccc(CNC(=O)c3occc3CSc3ccccc3)cc2)CC1. The maximum Gasteiger partial charge on any atom is 0.287 e. The van der Waals surface area contributed by atoms with Crippen molar-refractivity contribution in [1.82, 2.24) is 15.1 Å². The second kappa shape index (κ2) is 10.7. The van der Waals surface area contributed by atoms with Crippen LogP contribution in [0.4, 0.5) is 0 Å².